The topological polar surface area (TPSA) is 54.2 Å². The summed E-state index contributed by atoms with van der Waals surface area (Å²) in [4.78, 5) is 9.59. The molecule has 3 aliphatic rings. The van der Waals surface area contributed by atoms with Crippen molar-refractivity contribution in [2.75, 3.05) is 7.11 Å². The molecule has 2 aromatic rings. The van der Waals surface area contributed by atoms with Crippen molar-refractivity contribution in [3.63, 3.8) is 0 Å². The van der Waals surface area contributed by atoms with E-state index in [1.54, 1.807) is 13.2 Å². The zero-order valence-corrected chi connectivity index (χ0v) is 16.6. The number of allylic oxidation sites excluding steroid dienone is 2. The molecule has 1 N–H and O–H groups in total. The number of aliphatic imine (C=N–C) groups is 2. The lowest BCUT2D eigenvalue weighted by molar-refractivity contribution is 0.115. The summed E-state index contributed by atoms with van der Waals surface area (Å²) in [6.45, 7) is 0. The van der Waals surface area contributed by atoms with Gasteiger partial charge in [-0.05, 0) is 54.0 Å². The molecule has 1 aromatic carbocycles. The standard InChI is InChI=1S/C23H22N2O2S/c1-27-21-13-18(24-23(25-21)17-8-2-4-11-19(17)26)16-10-6-9-15-14-7-3-5-12-20(14)28-22(15)16/h3-5,7,9,11-12,21,26H,2,6,8,10,13H2,1H3. The first kappa shape index (κ1) is 17.6. The molecule has 1 atom stereocenters. The Morgan fingerprint density at radius 2 is 2.00 bits per heavy atom. The zero-order valence-electron chi connectivity index (χ0n) is 15.8. The summed E-state index contributed by atoms with van der Waals surface area (Å²) in [5.74, 6) is 0.897. The number of thiophene rings is 1. The van der Waals surface area contributed by atoms with Gasteiger partial charge in [0, 0.05) is 28.3 Å². The van der Waals surface area contributed by atoms with E-state index in [-0.39, 0.29) is 12.0 Å². The van der Waals surface area contributed by atoms with E-state index in [1.807, 2.05) is 17.4 Å². The number of aliphatic hydroxyl groups excluding tert-OH is 1. The Morgan fingerprint density at radius 3 is 2.86 bits per heavy atom. The number of nitrogens with zero attached hydrogens (tertiary/aromatic N) is 2. The summed E-state index contributed by atoms with van der Waals surface area (Å²) < 4.78 is 8.24. The molecule has 0 radical (unpaired) electrons. The second-order valence-corrected chi connectivity index (χ2v) is 8.33. The van der Waals surface area contributed by atoms with Crippen LogP contribution < -0.4 is 9.75 Å². The number of amidine groups is 1. The van der Waals surface area contributed by atoms with Gasteiger partial charge < -0.3 is 9.84 Å². The smallest absolute Gasteiger partial charge is 0.157 e. The minimum Gasteiger partial charge on any atom is -0.508 e. The number of methoxy groups -OCH3 is 1. The molecule has 5 heteroatoms. The molecule has 0 fully saturated rings. The summed E-state index contributed by atoms with van der Waals surface area (Å²) in [5.41, 5.74) is 3.17. The Bertz CT molecular complexity index is 1200. The van der Waals surface area contributed by atoms with Crippen molar-refractivity contribution in [1.29, 1.82) is 0 Å². The van der Waals surface area contributed by atoms with Gasteiger partial charge >= 0.3 is 0 Å². The van der Waals surface area contributed by atoms with Crippen molar-refractivity contribution in [2.24, 2.45) is 9.98 Å². The highest BCUT2D eigenvalue weighted by molar-refractivity contribution is 7.17. The van der Waals surface area contributed by atoms with E-state index in [9.17, 15) is 5.11 Å². The summed E-state index contributed by atoms with van der Waals surface area (Å²) in [5, 5.41) is 13.0. The third-order valence-corrected chi connectivity index (χ3v) is 6.81. The van der Waals surface area contributed by atoms with Gasteiger partial charge in [0.1, 0.15) is 5.76 Å². The van der Waals surface area contributed by atoms with Gasteiger partial charge in [-0.3, -0.25) is 0 Å². The Kier molecular flexibility index (Phi) is 4.49. The van der Waals surface area contributed by atoms with Crippen LogP contribution >= 0.6 is 11.3 Å². The molecule has 0 bridgehead atoms. The molecule has 0 saturated carbocycles. The Balaban J connectivity index is 1.69. The van der Waals surface area contributed by atoms with E-state index in [1.165, 1.54) is 25.4 Å². The molecule has 2 heterocycles. The summed E-state index contributed by atoms with van der Waals surface area (Å²) in [7, 11) is 1.69. The van der Waals surface area contributed by atoms with Crippen LogP contribution in [0.15, 0.2) is 57.7 Å². The molecule has 0 saturated heterocycles. The monoisotopic (exact) mass is 390 g/mol. The van der Waals surface area contributed by atoms with Gasteiger partial charge in [0.25, 0.3) is 0 Å². The van der Waals surface area contributed by atoms with Gasteiger partial charge in [0.05, 0.1) is 5.71 Å². The molecule has 142 valence electrons. The summed E-state index contributed by atoms with van der Waals surface area (Å²) >= 11 is 1.85. The predicted molar refractivity (Wildman–Crippen MR) is 116 cm³/mol. The number of aliphatic hydroxyl groups is 1. The Hall–Kier alpha value is -2.50. The molecular weight excluding hydrogens is 368 g/mol. The highest BCUT2D eigenvalue weighted by atomic mass is 32.1. The summed E-state index contributed by atoms with van der Waals surface area (Å²) in [6.07, 6.45) is 10.1. The van der Waals surface area contributed by atoms with Gasteiger partial charge in [0.15, 0.2) is 12.1 Å². The summed E-state index contributed by atoms with van der Waals surface area (Å²) in [6, 6.07) is 8.59. The largest absolute Gasteiger partial charge is 0.508 e. The van der Waals surface area contributed by atoms with Crippen molar-refractivity contribution in [2.45, 2.75) is 38.3 Å². The van der Waals surface area contributed by atoms with Gasteiger partial charge in [-0.2, -0.15) is 0 Å². The minimum atomic E-state index is -0.259. The average Bonchev–Trinajstić information content (AvgIpc) is 3.12. The van der Waals surface area contributed by atoms with Crippen LogP contribution in [-0.2, 0) is 4.74 Å². The first-order chi connectivity index (χ1) is 13.7. The number of rotatable bonds is 3. The second-order valence-electron chi connectivity index (χ2n) is 7.27. The van der Waals surface area contributed by atoms with E-state index >= 15 is 0 Å². The molecule has 1 unspecified atom stereocenters. The molecule has 0 spiro atoms. The van der Waals surface area contributed by atoms with Crippen molar-refractivity contribution in [1.82, 2.24) is 0 Å². The maximum absolute atomic E-state index is 10.3. The fraction of sp³-hybridized carbons (Fsp3) is 0.304. The van der Waals surface area contributed by atoms with Crippen molar-refractivity contribution in [3.05, 3.63) is 57.5 Å². The quantitative estimate of drug-likeness (QED) is 0.861. The van der Waals surface area contributed by atoms with Gasteiger partial charge in [-0.15, -0.1) is 11.3 Å². The molecule has 0 amide bonds. The van der Waals surface area contributed by atoms with Crippen LogP contribution in [0.5, 0.6) is 0 Å². The third-order valence-electron chi connectivity index (χ3n) is 5.56. The molecular formula is C23H22N2O2S. The highest BCUT2D eigenvalue weighted by Gasteiger charge is 2.25. The van der Waals surface area contributed by atoms with E-state index in [0.29, 0.717) is 12.3 Å². The molecule has 2 aliphatic carbocycles. The van der Waals surface area contributed by atoms with E-state index < -0.39 is 0 Å². The van der Waals surface area contributed by atoms with Gasteiger partial charge in [-0.1, -0.05) is 30.4 Å². The molecule has 1 aromatic heterocycles. The van der Waals surface area contributed by atoms with Crippen molar-refractivity contribution >= 4 is 44.6 Å². The second kappa shape index (κ2) is 7.15. The zero-order chi connectivity index (χ0) is 19.1. The average molecular weight is 391 g/mol. The highest BCUT2D eigenvalue weighted by Crippen LogP contribution is 2.27. The number of benzene rings is 1. The lowest BCUT2D eigenvalue weighted by Crippen LogP contribution is -2.31. The van der Waals surface area contributed by atoms with Crippen molar-refractivity contribution < 1.29 is 9.84 Å². The van der Waals surface area contributed by atoms with E-state index in [4.69, 9.17) is 9.73 Å². The maximum Gasteiger partial charge on any atom is 0.157 e. The van der Waals surface area contributed by atoms with Crippen LogP contribution in [0.25, 0.3) is 21.7 Å². The molecule has 4 nitrogen and oxygen atoms in total. The van der Waals surface area contributed by atoms with Gasteiger partial charge in [0.2, 0.25) is 0 Å². The Labute approximate surface area is 167 Å². The van der Waals surface area contributed by atoms with Crippen molar-refractivity contribution in [3.8, 4) is 0 Å². The van der Waals surface area contributed by atoms with E-state index in [0.717, 1.165) is 37.0 Å². The normalized spacial score (nSPS) is 22.0. The van der Waals surface area contributed by atoms with Crippen LogP contribution in [0.4, 0.5) is 0 Å². The lowest BCUT2D eigenvalue weighted by atomic mass is 9.95. The molecule has 5 rings (SSSR count). The van der Waals surface area contributed by atoms with Crippen LogP contribution in [0, 0.1) is 0 Å². The van der Waals surface area contributed by atoms with Crippen LogP contribution in [0.1, 0.15) is 32.1 Å². The van der Waals surface area contributed by atoms with Crippen LogP contribution in [0.2, 0.25) is 0 Å². The maximum atomic E-state index is 10.3. The Morgan fingerprint density at radius 1 is 1.14 bits per heavy atom. The molecule has 1 aliphatic heterocycles. The number of hydrogen-bond acceptors (Lipinski definition) is 5. The first-order valence-corrected chi connectivity index (χ1v) is 10.5. The van der Waals surface area contributed by atoms with Crippen LogP contribution in [-0.4, -0.2) is 30.0 Å². The first-order valence-electron chi connectivity index (χ1n) is 9.73. The molecule has 28 heavy (non-hydrogen) atoms. The van der Waals surface area contributed by atoms with Crippen LogP contribution in [0.3, 0.4) is 0 Å². The number of ether oxygens (including phenoxy) is 1. The third kappa shape index (κ3) is 2.95. The van der Waals surface area contributed by atoms with Gasteiger partial charge in [-0.25, -0.2) is 9.98 Å². The number of fused-ring (bicyclic) bond motifs is 3. The fourth-order valence-electron chi connectivity index (χ4n) is 4.14. The minimum absolute atomic E-state index is 0.259. The lowest BCUT2D eigenvalue weighted by Gasteiger charge is -2.23. The predicted octanol–water partition coefficient (Wildman–Crippen LogP) is 4.00. The SMILES string of the molecule is COC1CC(C2=c3sc4ccccc4c3=CCC2)=NC(C2=C(O)C=CCC2)=N1. The number of hydrogen-bond donors (Lipinski definition) is 1. The van der Waals surface area contributed by atoms with E-state index in [2.05, 4.69) is 35.3 Å². The fourth-order valence-corrected chi connectivity index (χ4v) is 5.44.